The average Bonchev–Trinajstić information content (AvgIpc) is 2.52. The first-order valence-corrected chi connectivity index (χ1v) is 6.94. The molecule has 0 radical (unpaired) electrons. The first kappa shape index (κ1) is 17.5. The molecule has 0 saturated heterocycles. The minimum Gasteiger partial charge on any atom is -0.484 e. The summed E-state index contributed by atoms with van der Waals surface area (Å²) in [7, 11) is 0. The highest BCUT2D eigenvalue weighted by atomic mass is 16.5. The number of ether oxygens (including phenoxy) is 2. The van der Waals surface area contributed by atoms with Crippen molar-refractivity contribution in [1.29, 1.82) is 0 Å². The molecule has 22 heavy (non-hydrogen) atoms. The number of carbonyl (C=O) groups excluding carboxylic acids is 3. The lowest BCUT2D eigenvalue weighted by atomic mass is 10.2. The van der Waals surface area contributed by atoms with Gasteiger partial charge in [-0.3, -0.25) is 9.59 Å². The SMILES string of the molecule is CCN(CC)C(=O)COC(=O)c1ccc(OCC(N)=O)cc1. The number of esters is 1. The summed E-state index contributed by atoms with van der Waals surface area (Å²) in [5.41, 5.74) is 5.25. The monoisotopic (exact) mass is 308 g/mol. The lowest BCUT2D eigenvalue weighted by Gasteiger charge is -2.18. The Balaban J connectivity index is 2.52. The van der Waals surface area contributed by atoms with Crippen molar-refractivity contribution < 1.29 is 23.9 Å². The number of nitrogens with two attached hydrogens (primary N) is 1. The summed E-state index contributed by atoms with van der Waals surface area (Å²) >= 11 is 0. The zero-order valence-corrected chi connectivity index (χ0v) is 12.7. The van der Waals surface area contributed by atoms with Crippen LogP contribution in [0.3, 0.4) is 0 Å². The lowest BCUT2D eigenvalue weighted by Crippen LogP contribution is -2.34. The predicted octanol–water partition coefficient (Wildman–Crippen LogP) is 0.576. The normalized spacial score (nSPS) is 9.91. The molecule has 0 unspecified atom stereocenters. The number of carbonyl (C=O) groups is 3. The topological polar surface area (TPSA) is 98.9 Å². The van der Waals surface area contributed by atoms with Gasteiger partial charge in [0.2, 0.25) is 0 Å². The summed E-state index contributed by atoms with van der Waals surface area (Å²) < 4.78 is 10.0. The minimum absolute atomic E-state index is 0.234. The molecule has 0 aliphatic heterocycles. The van der Waals surface area contributed by atoms with E-state index in [-0.39, 0.29) is 19.1 Å². The number of hydrogen-bond acceptors (Lipinski definition) is 5. The molecule has 2 N–H and O–H groups in total. The molecular formula is C15H20N2O5. The van der Waals surface area contributed by atoms with Crippen molar-refractivity contribution >= 4 is 17.8 Å². The summed E-state index contributed by atoms with van der Waals surface area (Å²) in [5, 5.41) is 0. The number of hydrogen-bond donors (Lipinski definition) is 1. The zero-order valence-electron chi connectivity index (χ0n) is 12.7. The first-order valence-electron chi connectivity index (χ1n) is 6.94. The van der Waals surface area contributed by atoms with Crippen molar-refractivity contribution in [3.05, 3.63) is 29.8 Å². The van der Waals surface area contributed by atoms with Crippen molar-refractivity contribution in [2.45, 2.75) is 13.8 Å². The van der Waals surface area contributed by atoms with E-state index in [1.807, 2.05) is 13.8 Å². The summed E-state index contributed by atoms with van der Waals surface area (Å²) in [6, 6.07) is 6.01. The van der Waals surface area contributed by atoms with Crippen LogP contribution < -0.4 is 10.5 Å². The molecule has 1 aromatic carbocycles. The predicted molar refractivity (Wildman–Crippen MR) is 79.3 cm³/mol. The van der Waals surface area contributed by atoms with Crippen LogP contribution in [0.1, 0.15) is 24.2 Å². The van der Waals surface area contributed by atoms with Gasteiger partial charge in [0.15, 0.2) is 13.2 Å². The molecule has 0 saturated carbocycles. The van der Waals surface area contributed by atoms with E-state index in [0.717, 1.165) is 0 Å². The van der Waals surface area contributed by atoms with E-state index in [0.29, 0.717) is 24.4 Å². The van der Waals surface area contributed by atoms with E-state index in [2.05, 4.69) is 0 Å². The minimum atomic E-state index is -0.595. The average molecular weight is 308 g/mol. The summed E-state index contributed by atoms with van der Waals surface area (Å²) in [5.74, 6) is -1.00. The number of nitrogens with zero attached hydrogens (tertiary/aromatic N) is 1. The van der Waals surface area contributed by atoms with Crippen LogP contribution in [-0.4, -0.2) is 49.0 Å². The van der Waals surface area contributed by atoms with E-state index in [9.17, 15) is 14.4 Å². The third kappa shape index (κ3) is 5.43. The van der Waals surface area contributed by atoms with Gasteiger partial charge in [0.05, 0.1) is 5.56 Å². The van der Waals surface area contributed by atoms with Gasteiger partial charge in [0, 0.05) is 13.1 Å². The number of primary amides is 1. The number of rotatable bonds is 8. The van der Waals surface area contributed by atoms with Gasteiger partial charge >= 0.3 is 5.97 Å². The molecular weight excluding hydrogens is 288 g/mol. The molecule has 1 rings (SSSR count). The zero-order chi connectivity index (χ0) is 16.5. The smallest absolute Gasteiger partial charge is 0.338 e. The van der Waals surface area contributed by atoms with E-state index < -0.39 is 11.9 Å². The molecule has 0 atom stereocenters. The van der Waals surface area contributed by atoms with E-state index in [1.165, 1.54) is 24.3 Å². The van der Waals surface area contributed by atoms with E-state index in [4.69, 9.17) is 15.2 Å². The fourth-order valence-corrected chi connectivity index (χ4v) is 1.72. The van der Waals surface area contributed by atoms with Gasteiger partial charge in [0.25, 0.3) is 11.8 Å². The Bertz CT molecular complexity index is 523. The Morgan fingerprint density at radius 2 is 1.64 bits per heavy atom. The highest BCUT2D eigenvalue weighted by molar-refractivity contribution is 5.91. The van der Waals surface area contributed by atoms with Crippen LogP contribution in [-0.2, 0) is 14.3 Å². The Morgan fingerprint density at radius 3 is 2.14 bits per heavy atom. The first-order chi connectivity index (χ1) is 10.5. The van der Waals surface area contributed by atoms with Gasteiger partial charge in [0.1, 0.15) is 5.75 Å². The van der Waals surface area contributed by atoms with Gasteiger partial charge in [-0.25, -0.2) is 4.79 Å². The molecule has 7 nitrogen and oxygen atoms in total. The van der Waals surface area contributed by atoms with Crippen molar-refractivity contribution in [3.8, 4) is 5.75 Å². The van der Waals surface area contributed by atoms with Crippen LogP contribution in [0, 0.1) is 0 Å². The molecule has 2 amide bonds. The Hall–Kier alpha value is -2.57. The van der Waals surface area contributed by atoms with E-state index in [1.54, 1.807) is 4.90 Å². The third-order valence-electron chi connectivity index (χ3n) is 2.91. The van der Waals surface area contributed by atoms with Crippen LogP contribution in [0.25, 0.3) is 0 Å². The molecule has 0 bridgehead atoms. The number of amides is 2. The molecule has 0 heterocycles. The van der Waals surface area contributed by atoms with Crippen LogP contribution >= 0.6 is 0 Å². The van der Waals surface area contributed by atoms with Gasteiger partial charge in [-0.1, -0.05) is 0 Å². The highest BCUT2D eigenvalue weighted by Gasteiger charge is 2.14. The standard InChI is InChI=1S/C15H20N2O5/c1-3-17(4-2)14(19)10-22-15(20)11-5-7-12(8-6-11)21-9-13(16)18/h5-8H,3-4,9-10H2,1-2H3,(H2,16,18). The van der Waals surface area contributed by atoms with Crippen LogP contribution in [0.5, 0.6) is 5.75 Å². The maximum atomic E-state index is 11.8. The number of likely N-dealkylation sites (N-methyl/N-ethyl adjacent to an activating group) is 1. The molecule has 120 valence electrons. The second-order valence-electron chi connectivity index (χ2n) is 4.42. The second-order valence-corrected chi connectivity index (χ2v) is 4.42. The highest BCUT2D eigenvalue weighted by Crippen LogP contribution is 2.12. The molecule has 0 aliphatic carbocycles. The fourth-order valence-electron chi connectivity index (χ4n) is 1.72. The van der Waals surface area contributed by atoms with Crippen LogP contribution in [0.15, 0.2) is 24.3 Å². The summed E-state index contributed by atoms with van der Waals surface area (Å²) in [4.78, 5) is 35.7. The molecule has 0 aliphatic rings. The second kappa shape index (κ2) is 8.66. The lowest BCUT2D eigenvalue weighted by molar-refractivity contribution is -0.134. The van der Waals surface area contributed by atoms with Gasteiger partial charge in [-0.15, -0.1) is 0 Å². The van der Waals surface area contributed by atoms with Gasteiger partial charge in [-0.2, -0.15) is 0 Å². The summed E-state index contributed by atoms with van der Waals surface area (Å²) in [6.07, 6.45) is 0. The van der Waals surface area contributed by atoms with Crippen LogP contribution in [0.4, 0.5) is 0 Å². The Kier molecular flexibility index (Phi) is 6.88. The molecule has 0 aromatic heterocycles. The van der Waals surface area contributed by atoms with Crippen LogP contribution in [0.2, 0.25) is 0 Å². The summed E-state index contributed by atoms with van der Waals surface area (Å²) in [6.45, 7) is 4.32. The Morgan fingerprint density at radius 1 is 1.05 bits per heavy atom. The quantitative estimate of drug-likeness (QED) is 0.708. The maximum absolute atomic E-state index is 11.8. The van der Waals surface area contributed by atoms with Gasteiger partial charge in [-0.05, 0) is 38.1 Å². The molecule has 0 fully saturated rings. The van der Waals surface area contributed by atoms with Crippen molar-refractivity contribution in [3.63, 3.8) is 0 Å². The molecule has 0 spiro atoms. The van der Waals surface area contributed by atoms with E-state index >= 15 is 0 Å². The molecule has 7 heteroatoms. The van der Waals surface area contributed by atoms with Crippen molar-refractivity contribution in [2.24, 2.45) is 5.73 Å². The Labute approximate surface area is 129 Å². The largest absolute Gasteiger partial charge is 0.484 e. The molecule has 1 aromatic rings. The third-order valence-corrected chi connectivity index (χ3v) is 2.91. The van der Waals surface area contributed by atoms with Crippen molar-refractivity contribution in [1.82, 2.24) is 4.90 Å². The van der Waals surface area contributed by atoms with Gasteiger partial charge < -0.3 is 20.1 Å². The van der Waals surface area contributed by atoms with Crippen molar-refractivity contribution in [2.75, 3.05) is 26.3 Å². The maximum Gasteiger partial charge on any atom is 0.338 e. The fraction of sp³-hybridized carbons (Fsp3) is 0.400. The number of benzene rings is 1.